The average Bonchev–Trinajstić information content (AvgIpc) is 3.31. The molecule has 0 saturated heterocycles. The Balaban J connectivity index is 0.00000109. The highest BCUT2D eigenvalue weighted by Crippen LogP contribution is 2.64. The molecular weight excluding hydrogens is 1170 g/mol. The molecule has 0 aliphatic rings. The smallest absolute Gasteiger partial charge is 0.282 e. The first kappa shape index (κ1) is 77.5. The predicted molar refractivity (Wildman–Crippen MR) is 284 cm³/mol. The molecule has 0 bridgehead atoms. The van der Waals surface area contributed by atoms with E-state index in [0.717, 1.165) is 6.42 Å². The maximum Gasteiger partial charge on any atom is 0.460 e. The summed E-state index contributed by atoms with van der Waals surface area (Å²) in [6, 6.07) is 36.0. The van der Waals surface area contributed by atoms with Crippen LogP contribution in [0.2, 0.25) is 0 Å². The van der Waals surface area contributed by atoms with Crippen molar-refractivity contribution in [2.75, 3.05) is 0 Å². The number of hydrogen-bond acceptors (Lipinski definition) is 4. The van der Waals surface area contributed by atoms with Crippen LogP contribution < -0.4 is 0 Å². The van der Waals surface area contributed by atoms with Crippen molar-refractivity contribution >= 4 is 20.2 Å². The third kappa shape index (κ3) is 20.9. The minimum absolute atomic E-state index is 0.0741. The van der Waals surface area contributed by atoms with Crippen LogP contribution in [0.1, 0.15) is 167 Å². The van der Waals surface area contributed by atoms with Gasteiger partial charge in [-0.05, 0) is 71.4 Å². The molecule has 0 aliphatic carbocycles. The molecule has 470 valence electrons. The molecule has 82 heavy (non-hydrogen) atoms. The fraction of sp³-hybridized carbons (Fsp3) is 0.579. The zero-order valence-corrected chi connectivity index (χ0v) is 48.7. The second-order valence-electron chi connectivity index (χ2n) is 20.6. The van der Waals surface area contributed by atoms with Crippen molar-refractivity contribution in [2.45, 2.75) is 215 Å². The van der Waals surface area contributed by atoms with Gasteiger partial charge in [-0.3, -0.25) is 9.11 Å². The van der Waals surface area contributed by atoms with Gasteiger partial charge in [-0.2, -0.15) is 91.5 Å². The van der Waals surface area contributed by atoms with E-state index in [1.165, 1.54) is 123 Å². The van der Waals surface area contributed by atoms with Crippen molar-refractivity contribution in [1.82, 2.24) is 0 Å². The summed E-state index contributed by atoms with van der Waals surface area (Å²) < 4.78 is 272. The summed E-state index contributed by atoms with van der Waals surface area (Å²) in [5, 5.41) is -7.84. The van der Waals surface area contributed by atoms with Gasteiger partial charge in [0.25, 0.3) is 10.1 Å². The van der Waals surface area contributed by atoms with Gasteiger partial charge in [0, 0.05) is 0 Å². The van der Waals surface area contributed by atoms with Crippen LogP contribution in [-0.2, 0) is 37.5 Å². The van der Waals surface area contributed by atoms with E-state index >= 15 is 0 Å². The van der Waals surface area contributed by atoms with Gasteiger partial charge in [0.05, 0.1) is 4.90 Å². The van der Waals surface area contributed by atoms with E-state index < -0.39 is 67.2 Å². The summed E-state index contributed by atoms with van der Waals surface area (Å²) in [7, 11) is -11.9. The van der Waals surface area contributed by atoms with E-state index in [-0.39, 0.29) is 15.7 Å². The van der Waals surface area contributed by atoms with Gasteiger partial charge in [0.15, 0.2) is 0 Å². The molecule has 0 aliphatic heterocycles. The number of alkyl halides is 17. The van der Waals surface area contributed by atoms with Gasteiger partial charge in [0.2, 0.25) is 0 Å². The van der Waals surface area contributed by atoms with Crippen LogP contribution in [-0.4, -0.2) is 72.9 Å². The molecule has 0 unspecified atom stereocenters. The molecule has 0 amide bonds. The minimum Gasteiger partial charge on any atom is -0.282 e. The lowest BCUT2D eigenvalue weighted by atomic mass is 9.81. The molecule has 0 atom stereocenters. The molecule has 0 radical (unpaired) electrons. The predicted octanol–water partition coefficient (Wildman–Crippen LogP) is 19.7. The Morgan fingerprint density at radius 1 is 0.378 bits per heavy atom. The van der Waals surface area contributed by atoms with E-state index in [9.17, 15) is 91.5 Å². The fourth-order valence-electron chi connectivity index (χ4n) is 6.97. The number of halogens is 17. The maximum atomic E-state index is 13.0. The third-order valence-electron chi connectivity index (χ3n) is 13.4. The molecule has 25 heteroatoms. The molecule has 4 aromatic rings. The summed E-state index contributed by atoms with van der Waals surface area (Å²) in [5.41, 5.74) is 7.51. The average molecular weight is 1240 g/mol. The second-order valence-corrected chi connectivity index (χ2v) is 23.5. The number of aryl methyl sites for hydroxylation is 1. The van der Waals surface area contributed by atoms with Crippen molar-refractivity contribution in [1.29, 1.82) is 0 Å². The first-order valence-corrected chi connectivity index (χ1v) is 29.0. The lowest BCUT2D eigenvalue weighted by Crippen LogP contribution is -2.74. The van der Waals surface area contributed by atoms with E-state index in [1.54, 1.807) is 18.2 Å². The number of unbranched alkanes of at least 4 members (excludes halogenated alkanes) is 10. The Morgan fingerprint density at radius 3 is 0.890 bits per heavy atom. The van der Waals surface area contributed by atoms with Crippen LogP contribution in [0.5, 0.6) is 0 Å². The van der Waals surface area contributed by atoms with Gasteiger partial charge in [-0.25, -0.2) is 0 Å². The van der Waals surface area contributed by atoms with Gasteiger partial charge >= 0.3 is 57.1 Å². The number of benzene rings is 4. The highest BCUT2D eigenvalue weighted by atomic mass is 32.2. The Morgan fingerprint density at radius 2 is 0.659 bits per heavy atom. The zero-order chi connectivity index (χ0) is 64.1. The first-order valence-electron chi connectivity index (χ1n) is 26.1. The summed E-state index contributed by atoms with van der Waals surface area (Å²) >= 11 is 0. The van der Waals surface area contributed by atoms with Crippen molar-refractivity contribution in [3.63, 3.8) is 0 Å². The molecule has 6 nitrogen and oxygen atoms in total. The van der Waals surface area contributed by atoms with Gasteiger partial charge in [0.1, 0.15) is 0 Å². The second kappa shape index (κ2) is 31.6. The van der Waals surface area contributed by atoms with Crippen molar-refractivity contribution in [3.8, 4) is 0 Å². The Hall–Kier alpha value is -4.49. The van der Waals surface area contributed by atoms with E-state index in [2.05, 4.69) is 123 Å². The summed E-state index contributed by atoms with van der Waals surface area (Å²) in [6.45, 7) is 20.4. The summed E-state index contributed by atoms with van der Waals surface area (Å²) in [6.07, 6.45) is 11.4. The highest BCUT2D eigenvalue weighted by molar-refractivity contribution is 7.87. The lowest BCUT2D eigenvalue weighted by Gasteiger charge is -2.42. The van der Waals surface area contributed by atoms with Crippen molar-refractivity contribution < 1.29 is 101 Å². The maximum absolute atomic E-state index is 13.0. The molecule has 0 fully saturated rings. The van der Waals surface area contributed by atoms with Crippen LogP contribution in [0.3, 0.4) is 0 Å². The standard InChI is InChI=1S/C23H32.C13H28.C8HF17O3S.C7H8.C6H6O3S/c1-7-22(3,4)20-13-9-18(10-14-20)17-19-11-15-21(16-12-19)23(5,6)8-2;1-3-5-7-9-11-13-12-10-8-6-4-2;9-1(10,3(13,14)5(17,18)7(21,22)23)2(11,12)4(15,16)6(19,20)8(24,25)29(26,27)28;1-7-5-3-2-4-6-7;7-10(8,9)6-4-2-1-3-5-6/h9-16H,7-8,17H2,1-6H3;3-13H2,1-2H3;(H,26,27,28);2-6H,1H3;1-5H,(H,7,8,9). The molecule has 0 saturated carbocycles. The van der Waals surface area contributed by atoms with E-state index in [1.807, 2.05) is 18.2 Å². The minimum atomic E-state index is -8.89. The molecule has 4 aromatic carbocycles. The molecule has 4 rings (SSSR count). The summed E-state index contributed by atoms with van der Waals surface area (Å²) in [4.78, 5) is -0.0741. The third-order valence-corrected chi connectivity index (χ3v) is 15.1. The van der Waals surface area contributed by atoms with E-state index in [0.29, 0.717) is 0 Å². The summed E-state index contributed by atoms with van der Waals surface area (Å²) in [5.74, 6) is -52.0. The largest absolute Gasteiger partial charge is 0.460 e. The Bertz CT molecular complexity index is 2600. The molecule has 0 spiro atoms. The lowest BCUT2D eigenvalue weighted by molar-refractivity contribution is -0.458. The van der Waals surface area contributed by atoms with Crippen LogP contribution in [0.15, 0.2) is 114 Å². The van der Waals surface area contributed by atoms with Crippen LogP contribution in [0, 0.1) is 6.92 Å². The Labute approximate surface area is 471 Å². The topological polar surface area (TPSA) is 109 Å². The zero-order valence-electron chi connectivity index (χ0n) is 47.1. The molecule has 0 aromatic heterocycles. The Kier molecular flexibility index (Phi) is 29.9. The normalized spacial score (nSPS) is 13.3. The van der Waals surface area contributed by atoms with Crippen LogP contribution in [0.25, 0.3) is 0 Å². The number of rotatable bonds is 24. The first-order chi connectivity index (χ1) is 37.2. The fourth-order valence-corrected chi connectivity index (χ4v) is 7.92. The van der Waals surface area contributed by atoms with Gasteiger partial charge in [-0.15, -0.1) is 0 Å². The molecule has 0 heterocycles. The van der Waals surface area contributed by atoms with Crippen molar-refractivity contribution in [3.05, 3.63) is 137 Å². The molecular formula is C57H75F17O6S2. The van der Waals surface area contributed by atoms with Crippen LogP contribution in [0.4, 0.5) is 74.6 Å². The van der Waals surface area contributed by atoms with Crippen molar-refractivity contribution in [2.24, 2.45) is 0 Å². The monoisotopic (exact) mass is 1240 g/mol. The number of hydrogen-bond donors (Lipinski definition) is 2. The van der Waals surface area contributed by atoms with Gasteiger partial charge in [-0.1, -0.05) is 229 Å². The SMILES string of the molecule is CCC(C)(C)c1ccc(Cc2ccc(C(C)(C)CC)cc2)cc1.CCCCCCCCCCCCC.Cc1ccccc1.O=S(=O)(O)C(F)(F)C(F)(F)C(F)(F)C(F)(F)C(F)(F)C(F)(F)C(F)(F)C(F)(F)F.O=S(=O)(O)c1ccccc1. The van der Waals surface area contributed by atoms with Gasteiger partial charge < -0.3 is 0 Å². The highest BCUT2D eigenvalue weighted by Gasteiger charge is 2.96. The van der Waals surface area contributed by atoms with E-state index in [4.69, 9.17) is 9.11 Å². The molecule has 2 N–H and O–H groups in total. The quantitative estimate of drug-likeness (QED) is 0.0411. The van der Waals surface area contributed by atoms with Crippen LogP contribution >= 0.6 is 0 Å².